The maximum atomic E-state index is 10.8. The molecule has 2 rings (SSSR count). The Labute approximate surface area is 107 Å². The first-order valence-electron chi connectivity index (χ1n) is 5.10. The highest BCUT2D eigenvalue weighted by atomic mass is 32.1. The zero-order valence-corrected chi connectivity index (χ0v) is 10.4. The predicted molar refractivity (Wildman–Crippen MR) is 69.5 cm³/mol. The van der Waals surface area contributed by atoms with Crippen LogP contribution in [0.1, 0.15) is 11.1 Å². The molecule has 0 fully saturated rings. The maximum Gasteiger partial charge on any atom is 0.329 e. The summed E-state index contributed by atoms with van der Waals surface area (Å²) in [6, 6.07) is 0. The van der Waals surface area contributed by atoms with Crippen molar-refractivity contribution in [3.8, 4) is 0 Å². The van der Waals surface area contributed by atoms with E-state index in [4.69, 9.17) is 5.73 Å². The molecule has 0 unspecified atom stereocenters. The van der Waals surface area contributed by atoms with Gasteiger partial charge in [0.25, 0.3) is 0 Å². The molecule has 0 aliphatic rings. The lowest BCUT2D eigenvalue weighted by Crippen LogP contribution is -2.07. The number of hydrogen-bond acceptors (Lipinski definition) is 7. The Bertz CT molecular complexity index is 583. The Balaban J connectivity index is 2.20. The first kappa shape index (κ1) is 12.2. The van der Waals surface area contributed by atoms with E-state index >= 15 is 0 Å². The molecular weight excluding hydrogens is 254 g/mol. The molecule has 94 valence electrons. The van der Waals surface area contributed by atoms with Crippen molar-refractivity contribution in [2.24, 2.45) is 0 Å². The van der Waals surface area contributed by atoms with Crippen molar-refractivity contribution in [1.29, 1.82) is 0 Å². The standard InChI is InChI=1S/C10H11N5O2S/c1-6-4-18-5-7(6)2-12-9-8(15(16)17)3-13-10(11)14-9/h3-5H,2H2,1H3,(H3,11,12,13,14). The minimum atomic E-state index is -0.539. The summed E-state index contributed by atoms with van der Waals surface area (Å²) in [6.07, 6.45) is 1.10. The number of aryl methyl sites for hydroxylation is 1. The number of aromatic nitrogens is 2. The molecule has 0 atom stereocenters. The molecule has 2 aromatic rings. The van der Waals surface area contributed by atoms with Gasteiger partial charge in [-0.3, -0.25) is 10.1 Å². The number of nitro groups is 1. The second kappa shape index (κ2) is 4.96. The molecule has 2 heterocycles. The van der Waals surface area contributed by atoms with Crippen molar-refractivity contribution in [2.45, 2.75) is 13.5 Å². The van der Waals surface area contributed by atoms with E-state index in [-0.39, 0.29) is 17.5 Å². The summed E-state index contributed by atoms with van der Waals surface area (Å²) in [5.74, 6) is 0.142. The fraction of sp³-hybridized carbons (Fsp3) is 0.200. The molecule has 0 bridgehead atoms. The van der Waals surface area contributed by atoms with Gasteiger partial charge in [-0.1, -0.05) is 0 Å². The Morgan fingerprint density at radius 3 is 2.94 bits per heavy atom. The molecule has 0 aliphatic carbocycles. The molecule has 0 aromatic carbocycles. The summed E-state index contributed by atoms with van der Waals surface area (Å²) in [6.45, 7) is 2.45. The van der Waals surface area contributed by atoms with Gasteiger partial charge in [-0.15, -0.1) is 0 Å². The van der Waals surface area contributed by atoms with Gasteiger partial charge in [0.2, 0.25) is 11.8 Å². The normalized spacial score (nSPS) is 10.3. The largest absolute Gasteiger partial charge is 0.368 e. The summed E-state index contributed by atoms with van der Waals surface area (Å²) in [4.78, 5) is 17.7. The molecule has 18 heavy (non-hydrogen) atoms. The molecule has 7 nitrogen and oxygen atoms in total. The van der Waals surface area contributed by atoms with Crippen LogP contribution in [-0.4, -0.2) is 14.9 Å². The average Bonchev–Trinajstić information content (AvgIpc) is 2.72. The third-order valence-electron chi connectivity index (χ3n) is 2.39. The smallest absolute Gasteiger partial charge is 0.329 e. The highest BCUT2D eigenvalue weighted by molar-refractivity contribution is 7.08. The van der Waals surface area contributed by atoms with Crippen LogP contribution < -0.4 is 11.1 Å². The van der Waals surface area contributed by atoms with E-state index in [1.165, 1.54) is 0 Å². The molecular formula is C10H11N5O2S. The predicted octanol–water partition coefficient (Wildman–Crippen LogP) is 1.95. The van der Waals surface area contributed by atoms with Crippen LogP contribution in [0.25, 0.3) is 0 Å². The van der Waals surface area contributed by atoms with E-state index < -0.39 is 4.92 Å². The maximum absolute atomic E-state index is 10.8. The Kier molecular flexibility index (Phi) is 3.38. The van der Waals surface area contributed by atoms with Crippen LogP contribution in [0.5, 0.6) is 0 Å². The van der Waals surface area contributed by atoms with Gasteiger partial charge in [-0.2, -0.15) is 16.3 Å². The topological polar surface area (TPSA) is 107 Å². The first-order chi connectivity index (χ1) is 8.58. The van der Waals surface area contributed by atoms with E-state index in [9.17, 15) is 10.1 Å². The van der Waals surface area contributed by atoms with Crippen molar-refractivity contribution in [3.63, 3.8) is 0 Å². The van der Waals surface area contributed by atoms with Crippen LogP contribution in [0, 0.1) is 17.0 Å². The van der Waals surface area contributed by atoms with Gasteiger partial charge in [0.1, 0.15) is 6.20 Å². The number of nitrogens with zero attached hydrogens (tertiary/aromatic N) is 3. The van der Waals surface area contributed by atoms with Gasteiger partial charge >= 0.3 is 5.69 Å². The van der Waals surface area contributed by atoms with Gasteiger partial charge in [-0.25, -0.2) is 4.98 Å². The summed E-state index contributed by atoms with van der Waals surface area (Å²) < 4.78 is 0. The number of rotatable bonds is 4. The van der Waals surface area contributed by atoms with Crippen molar-refractivity contribution >= 4 is 28.8 Å². The monoisotopic (exact) mass is 265 g/mol. The molecule has 3 N–H and O–H groups in total. The summed E-state index contributed by atoms with van der Waals surface area (Å²) in [5, 5.41) is 17.7. The van der Waals surface area contributed by atoms with Crippen LogP contribution in [0.4, 0.5) is 17.5 Å². The quantitative estimate of drug-likeness (QED) is 0.646. The van der Waals surface area contributed by atoms with Gasteiger partial charge in [-0.05, 0) is 28.8 Å². The van der Waals surface area contributed by atoms with Crippen molar-refractivity contribution in [1.82, 2.24) is 9.97 Å². The number of nitrogens with two attached hydrogens (primary N) is 1. The first-order valence-corrected chi connectivity index (χ1v) is 6.04. The SMILES string of the molecule is Cc1cscc1CNc1nc(N)ncc1[N+](=O)[O-]. The zero-order chi connectivity index (χ0) is 13.1. The highest BCUT2D eigenvalue weighted by Crippen LogP contribution is 2.22. The number of thiophene rings is 1. The number of nitrogens with one attached hydrogen (secondary N) is 1. The molecule has 0 saturated heterocycles. The Morgan fingerprint density at radius 2 is 2.33 bits per heavy atom. The van der Waals surface area contributed by atoms with Gasteiger partial charge in [0.05, 0.1) is 4.92 Å². The second-order valence-corrected chi connectivity index (χ2v) is 4.40. The molecule has 0 spiro atoms. The molecule has 8 heteroatoms. The van der Waals surface area contributed by atoms with E-state index in [0.29, 0.717) is 6.54 Å². The second-order valence-electron chi connectivity index (χ2n) is 3.65. The van der Waals surface area contributed by atoms with Crippen molar-refractivity contribution in [3.05, 3.63) is 38.2 Å². The number of hydrogen-bond donors (Lipinski definition) is 2. The average molecular weight is 265 g/mol. The lowest BCUT2D eigenvalue weighted by molar-refractivity contribution is -0.384. The third kappa shape index (κ3) is 2.54. The zero-order valence-electron chi connectivity index (χ0n) is 9.58. The van der Waals surface area contributed by atoms with Crippen molar-refractivity contribution < 1.29 is 4.92 Å². The van der Waals surface area contributed by atoms with E-state index in [1.54, 1.807) is 11.3 Å². The summed E-state index contributed by atoms with van der Waals surface area (Å²) >= 11 is 1.58. The molecule has 0 amide bonds. The lowest BCUT2D eigenvalue weighted by Gasteiger charge is -2.06. The molecule has 0 radical (unpaired) electrons. The molecule has 2 aromatic heterocycles. The van der Waals surface area contributed by atoms with Crippen LogP contribution in [0.3, 0.4) is 0 Å². The highest BCUT2D eigenvalue weighted by Gasteiger charge is 2.16. The Hall–Kier alpha value is -2.22. The van der Waals surface area contributed by atoms with Crippen LogP contribution in [0.2, 0.25) is 0 Å². The van der Waals surface area contributed by atoms with E-state index in [1.807, 2.05) is 17.7 Å². The minimum Gasteiger partial charge on any atom is -0.368 e. The Morgan fingerprint density at radius 1 is 1.56 bits per heavy atom. The number of anilines is 2. The van der Waals surface area contributed by atoms with E-state index in [0.717, 1.165) is 17.3 Å². The molecule has 0 saturated carbocycles. The summed E-state index contributed by atoms with van der Waals surface area (Å²) in [7, 11) is 0. The summed E-state index contributed by atoms with van der Waals surface area (Å²) in [5.41, 5.74) is 7.45. The van der Waals surface area contributed by atoms with E-state index in [2.05, 4.69) is 15.3 Å². The van der Waals surface area contributed by atoms with Gasteiger partial charge < -0.3 is 11.1 Å². The van der Waals surface area contributed by atoms with Crippen LogP contribution in [0.15, 0.2) is 17.0 Å². The van der Waals surface area contributed by atoms with Gasteiger partial charge in [0.15, 0.2) is 0 Å². The fourth-order valence-corrected chi connectivity index (χ4v) is 2.26. The van der Waals surface area contributed by atoms with Gasteiger partial charge in [0, 0.05) is 6.54 Å². The third-order valence-corrected chi connectivity index (χ3v) is 3.30. The van der Waals surface area contributed by atoms with Crippen LogP contribution in [-0.2, 0) is 6.54 Å². The van der Waals surface area contributed by atoms with Crippen molar-refractivity contribution in [2.75, 3.05) is 11.1 Å². The number of nitrogen functional groups attached to an aromatic ring is 1. The van der Waals surface area contributed by atoms with Crippen LogP contribution >= 0.6 is 11.3 Å². The minimum absolute atomic E-state index is 0.00476. The lowest BCUT2D eigenvalue weighted by atomic mass is 10.2. The molecule has 0 aliphatic heterocycles. The fourth-order valence-electron chi connectivity index (χ4n) is 1.40.